The van der Waals surface area contributed by atoms with Crippen LogP contribution in [0.25, 0.3) is 22.0 Å². The second-order valence-electron chi connectivity index (χ2n) is 9.18. The van der Waals surface area contributed by atoms with E-state index in [4.69, 9.17) is 10.6 Å². The summed E-state index contributed by atoms with van der Waals surface area (Å²) in [5, 5.41) is 4.91. The Kier molecular flexibility index (Phi) is 7.05. The monoisotopic (exact) mass is 462 g/mol. The number of halogens is 1. The van der Waals surface area contributed by atoms with Crippen molar-refractivity contribution in [2.24, 2.45) is 22.0 Å². The number of fused-ring (bicyclic) bond motifs is 1. The molecule has 7 nitrogen and oxygen atoms in total. The van der Waals surface area contributed by atoms with Gasteiger partial charge in [0, 0.05) is 35.6 Å². The van der Waals surface area contributed by atoms with E-state index in [1.165, 1.54) is 12.1 Å². The Morgan fingerprint density at radius 3 is 2.65 bits per heavy atom. The summed E-state index contributed by atoms with van der Waals surface area (Å²) in [6, 6.07) is 8.67. The third-order valence-electron chi connectivity index (χ3n) is 6.11. The standard InChI is InChI=1S/C26H31FN6O/c1-16(2)14-34-32-25(29-4)18-7-9-33(10-8-18)26-23-13-19(27)12-22(24(23)30-15-31-26)21-6-5-20(28)11-17(21)3/h5-6,11-13,15-16,18H,4,7-10,14,28H2,1-3H3/b32-25-. The van der Waals surface area contributed by atoms with Crippen molar-refractivity contribution in [3.8, 4) is 11.1 Å². The largest absolute Gasteiger partial charge is 0.399 e. The second kappa shape index (κ2) is 10.2. The lowest BCUT2D eigenvalue weighted by Gasteiger charge is -2.32. The van der Waals surface area contributed by atoms with Crippen molar-refractivity contribution in [3.63, 3.8) is 0 Å². The number of hydrogen-bond donors (Lipinski definition) is 1. The molecule has 2 N–H and O–H groups in total. The molecule has 1 fully saturated rings. The molecule has 0 aliphatic carbocycles. The van der Waals surface area contributed by atoms with Crippen molar-refractivity contribution >= 4 is 35.0 Å². The molecule has 1 aliphatic rings. The van der Waals surface area contributed by atoms with Gasteiger partial charge in [-0.25, -0.2) is 19.4 Å². The van der Waals surface area contributed by atoms with Crippen LogP contribution in [0.1, 0.15) is 32.3 Å². The van der Waals surface area contributed by atoms with E-state index in [0.29, 0.717) is 29.4 Å². The van der Waals surface area contributed by atoms with Gasteiger partial charge in [-0.1, -0.05) is 25.1 Å². The highest BCUT2D eigenvalue weighted by Crippen LogP contribution is 2.35. The summed E-state index contributed by atoms with van der Waals surface area (Å²) < 4.78 is 14.8. The van der Waals surface area contributed by atoms with Crippen LogP contribution >= 0.6 is 0 Å². The lowest BCUT2D eigenvalue weighted by atomic mass is 9.94. The number of aromatic nitrogens is 2. The molecule has 1 saturated heterocycles. The van der Waals surface area contributed by atoms with Gasteiger partial charge >= 0.3 is 0 Å². The van der Waals surface area contributed by atoms with Gasteiger partial charge in [-0.15, -0.1) is 0 Å². The van der Waals surface area contributed by atoms with Crippen LogP contribution in [0.2, 0.25) is 0 Å². The minimum atomic E-state index is -0.322. The lowest BCUT2D eigenvalue weighted by molar-refractivity contribution is 0.116. The molecule has 1 aliphatic heterocycles. The molecule has 178 valence electrons. The molecule has 0 unspecified atom stereocenters. The van der Waals surface area contributed by atoms with Gasteiger partial charge in [0.25, 0.3) is 0 Å². The number of piperidine rings is 1. The van der Waals surface area contributed by atoms with E-state index >= 15 is 0 Å². The molecule has 0 bridgehead atoms. The maximum Gasteiger partial charge on any atom is 0.170 e. The van der Waals surface area contributed by atoms with E-state index in [2.05, 4.69) is 45.6 Å². The van der Waals surface area contributed by atoms with Crippen LogP contribution < -0.4 is 10.6 Å². The molecule has 0 spiro atoms. The van der Waals surface area contributed by atoms with Crippen molar-refractivity contribution in [1.29, 1.82) is 0 Å². The zero-order chi connectivity index (χ0) is 24.2. The number of nitrogens with zero attached hydrogens (tertiary/aromatic N) is 5. The van der Waals surface area contributed by atoms with Gasteiger partial charge in [0.15, 0.2) is 5.84 Å². The second-order valence-corrected chi connectivity index (χ2v) is 9.18. The number of hydrogen-bond acceptors (Lipinski definition) is 6. The zero-order valence-corrected chi connectivity index (χ0v) is 20.0. The van der Waals surface area contributed by atoms with Gasteiger partial charge < -0.3 is 15.5 Å². The van der Waals surface area contributed by atoms with Crippen LogP contribution in [0.15, 0.2) is 46.8 Å². The molecule has 1 aromatic heterocycles. The summed E-state index contributed by atoms with van der Waals surface area (Å²) in [6.45, 7) is 11.8. The van der Waals surface area contributed by atoms with Gasteiger partial charge in [0.1, 0.15) is 24.6 Å². The number of nitrogen functional groups attached to an aromatic ring is 1. The van der Waals surface area contributed by atoms with Gasteiger partial charge in [-0.3, -0.25) is 0 Å². The van der Waals surface area contributed by atoms with E-state index in [-0.39, 0.29) is 11.7 Å². The molecule has 0 saturated carbocycles. The summed E-state index contributed by atoms with van der Waals surface area (Å²) in [7, 11) is 0. The molecule has 0 amide bonds. The van der Waals surface area contributed by atoms with E-state index in [0.717, 1.165) is 54.0 Å². The van der Waals surface area contributed by atoms with Crippen molar-refractivity contribution in [2.75, 3.05) is 30.3 Å². The number of oxime groups is 1. The first kappa shape index (κ1) is 23.6. The fraction of sp³-hybridized carbons (Fsp3) is 0.385. The Hall–Kier alpha value is -3.55. The average Bonchev–Trinajstić information content (AvgIpc) is 2.81. The molecule has 2 heterocycles. The quantitative estimate of drug-likeness (QED) is 0.234. The topological polar surface area (TPSA) is 89.0 Å². The third kappa shape index (κ3) is 5.00. The summed E-state index contributed by atoms with van der Waals surface area (Å²) in [5.74, 6) is 1.61. The highest BCUT2D eigenvalue weighted by molar-refractivity contribution is 6.00. The molecule has 3 aromatic rings. The van der Waals surface area contributed by atoms with Gasteiger partial charge in [-0.2, -0.15) is 0 Å². The van der Waals surface area contributed by atoms with Crippen LogP contribution in [0.5, 0.6) is 0 Å². The normalized spacial score (nSPS) is 15.2. The van der Waals surface area contributed by atoms with Gasteiger partial charge in [0.05, 0.1) is 5.52 Å². The van der Waals surface area contributed by atoms with E-state index < -0.39 is 0 Å². The molecule has 4 rings (SSSR count). The first-order chi connectivity index (χ1) is 16.4. The predicted octanol–water partition coefficient (Wildman–Crippen LogP) is 5.23. The van der Waals surface area contributed by atoms with E-state index in [9.17, 15) is 4.39 Å². The highest BCUT2D eigenvalue weighted by Gasteiger charge is 2.26. The van der Waals surface area contributed by atoms with Crippen molar-refractivity contribution in [2.45, 2.75) is 33.6 Å². The van der Waals surface area contributed by atoms with Crippen LogP contribution in [-0.2, 0) is 4.84 Å². The molecule has 2 aromatic carbocycles. The van der Waals surface area contributed by atoms with Gasteiger partial charge in [0.2, 0.25) is 0 Å². The van der Waals surface area contributed by atoms with Gasteiger partial charge in [-0.05, 0) is 67.8 Å². The number of amidine groups is 1. The maximum absolute atomic E-state index is 14.8. The number of rotatable bonds is 6. The average molecular weight is 463 g/mol. The van der Waals surface area contributed by atoms with Crippen LogP contribution in [0.4, 0.5) is 15.9 Å². The minimum absolute atomic E-state index is 0.165. The SMILES string of the molecule is C=N/C(=N\OCC(C)C)C1CCN(c2ncnc3c(-c4ccc(N)cc4C)cc(F)cc23)CC1. The molecule has 0 atom stereocenters. The summed E-state index contributed by atoms with van der Waals surface area (Å²) >= 11 is 0. The highest BCUT2D eigenvalue weighted by atomic mass is 19.1. The molecular weight excluding hydrogens is 431 g/mol. The first-order valence-electron chi connectivity index (χ1n) is 11.6. The fourth-order valence-electron chi connectivity index (χ4n) is 4.40. The summed E-state index contributed by atoms with van der Waals surface area (Å²) in [6.07, 6.45) is 3.21. The maximum atomic E-state index is 14.8. The lowest BCUT2D eigenvalue weighted by Crippen LogP contribution is -2.36. The molecule has 8 heteroatoms. The van der Waals surface area contributed by atoms with Crippen molar-refractivity contribution < 1.29 is 9.23 Å². The molecule has 0 radical (unpaired) electrons. The summed E-state index contributed by atoms with van der Waals surface area (Å²) in [5.41, 5.74) is 9.92. The van der Waals surface area contributed by atoms with Crippen LogP contribution in [-0.4, -0.2) is 42.2 Å². The fourth-order valence-corrected chi connectivity index (χ4v) is 4.40. The summed E-state index contributed by atoms with van der Waals surface area (Å²) in [4.78, 5) is 20.8. The van der Waals surface area contributed by atoms with Crippen LogP contribution in [0.3, 0.4) is 0 Å². The smallest absolute Gasteiger partial charge is 0.170 e. The number of aryl methyl sites for hydroxylation is 1. The van der Waals surface area contributed by atoms with Crippen molar-refractivity contribution in [3.05, 3.63) is 48.0 Å². The molecular formula is C26H31FN6O. The minimum Gasteiger partial charge on any atom is -0.399 e. The Labute approximate surface area is 199 Å². The predicted molar refractivity (Wildman–Crippen MR) is 137 cm³/mol. The number of nitrogens with two attached hydrogens (primary N) is 1. The zero-order valence-electron chi connectivity index (χ0n) is 20.0. The Morgan fingerprint density at radius 2 is 1.97 bits per heavy atom. The van der Waals surface area contributed by atoms with Crippen LogP contribution in [0, 0.1) is 24.6 Å². The first-order valence-corrected chi connectivity index (χ1v) is 11.6. The number of anilines is 2. The third-order valence-corrected chi connectivity index (χ3v) is 6.11. The molecule has 34 heavy (non-hydrogen) atoms. The van der Waals surface area contributed by atoms with Crippen molar-refractivity contribution in [1.82, 2.24) is 9.97 Å². The Bertz CT molecular complexity index is 1220. The van der Waals surface area contributed by atoms with E-state index in [1.54, 1.807) is 6.33 Å². The Balaban J connectivity index is 1.61. The van der Waals surface area contributed by atoms with E-state index in [1.807, 2.05) is 25.1 Å². The number of benzene rings is 2. The number of aliphatic imine (C=N–C) groups is 1. The Morgan fingerprint density at radius 1 is 1.21 bits per heavy atom.